The van der Waals surface area contributed by atoms with E-state index in [1.807, 2.05) is 37.3 Å². The van der Waals surface area contributed by atoms with E-state index in [4.69, 9.17) is 5.26 Å². The van der Waals surface area contributed by atoms with Gasteiger partial charge in [0.25, 0.3) is 0 Å². The second-order valence-corrected chi connectivity index (χ2v) is 10.5. The molecule has 32 heavy (non-hydrogen) atoms. The standard InChI is InChI=1S/C23H28FN5O2S/c1-22(20(31)28-21-27-17-5-3-4-6-18(17)32-21)7-9-23(2,10-8-22)26-13-19(30)29-14-15(24)11-16(29)12-25/h3-6,15-16,26H,7-11,13-14H2,1-2H3,(H,27,28,31)/t15-,16-,22?,23?/m0/s1. The molecule has 9 heteroatoms. The van der Waals surface area contributed by atoms with E-state index in [9.17, 15) is 14.0 Å². The van der Waals surface area contributed by atoms with Crippen LogP contribution in [-0.2, 0) is 9.59 Å². The second-order valence-electron chi connectivity index (χ2n) is 9.44. The molecule has 4 rings (SSSR count). The highest BCUT2D eigenvalue weighted by Gasteiger charge is 2.43. The van der Waals surface area contributed by atoms with Crippen molar-refractivity contribution in [2.75, 3.05) is 18.4 Å². The van der Waals surface area contributed by atoms with Crippen molar-refractivity contribution in [3.63, 3.8) is 0 Å². The number of fused-ring (bicyclic) bond motifs is 1. The van der Waals surface area contributed by atoms with E-state index in [2.05, 4.69) is 22.5 Å². The number of carbonyl (C=O) groups excluding carboxylic acids is 2. The maximum absolute atomic E-state index is 13.6. The Kier molecular flexibility index (Phi) is 6.19. The van der Waals surface area contributed by atoms with Gasteiger partial charge in [-0.1, -0.05) is 30.4 Å². The maximum Gasteiger partial charge on any atom is 0.237 e. The highest BCUT2D eigenvalue weighted by molar-refractivity contribution is 7.22. The number of para-hydroxylation sites is 1. The van der Waals surface area contributed by atoms with Crippen molar-refractivity contribution >= 4 is 38.5 Å². The Morgan fingerprint density at radius 3 is 2.69 bits per heavy atom. The number of anilines is 1. The summed E-state index contributed by atoms with van der Waals surface area (Å²) in [4.78, 5) is 31.4. The largest absolute Gasteiger partial charge is 0.323 e. The third kappa shape index (κ3) is 4.62. The first-order chi connectivity index (χ1) is 15.2. The summed E-state index contributed by atoms with van der Waals surface area (Å²) in [5.41, 5.74) is 0.0759. The molecule has 170 valence electrons. The highest BCUT2D eigenvalue weighted by atomic mass is 32.1. The van der Waals surface area contributed by atoms with E-state index in [1.54, 1.807) is 0 Å². The van der Waals surface area contributed by atoms with Gasteiger partial charge in [0, 0.05) is 17.4 Å². The van der Waals surface area contributed by atoms with Crippen LogP contribution < -0.4 is 10.6 Å². The molecule has 2 atom stereocenters. The summed E-state index contributed by atoms with van der Waals surface area (Å²) in [7, 11) is 0. The third-order valence-corrected chi connectivity index (χ3v) is 7.86. The fourth-order valence-corrected chi connectivity index (χ4v) is 5.37. The van der Waals surface area contributed by atoms with Crippen molar-refractivity contribution in [1.82, 2.24) is 15.2 Å². The van der Waals surface area contributed by atoms with Gasteiger partial charge in [-0.2, -0.15) is 5.26 Å². The van der Waals surface area contributed by atoms with Crippen LogP contribution in [0.15, 0.2) is 24.3 Å². The van der Waals surface area contributed by atoms with Gasteiger partial charge in [-0.15, -0.1) is 0 Å². The van der Waals surface area contributed by atoms with Crippen molar-refractivity contribution in [2.45, 2.75) is 63.7 Å². The molecule has 1 saturated heterocycles. The lowest BCUT2D eigenvalue weighted by Gasteiger charge is -2.42. The predicted molar refractivity (Wildman–Crippen MR) is 122 cm³/mol. The Morgan fingerprint density at radius 2 is 2.00 bits per heavy atom. The molecule has 2 N–H and O–H groups in total. The Labute approximate surface area is 191 Å². The van der Waals surface area contributed by atoms with Gasteiger partial charge >= 0.3 is 0 Å². The first kappa shape index (κ1) is 22.6. The topological polar surface area (TPSA) is 98.1 Å². The zero-order valence-corrected chi connectivity index (χ0v) is 19.2. The quantitative estimate of drug-likeness (QED) is 0.715. The Balaban J connectivity index is 1.31. The van der Waals surface area contributed by atoms with Crippen LogP contribution in [0.25, 0.3) is 10.2 Å². The zero-order chi connectivity index (χ0) is 22.9. The number of nitrogens with zero attached hydrogens (tertiary/aromatic N) is 3. The number of aromatic nitrogens is 1. The lowest BCUT2D eigenvalue weighted by atomic mass is 9.68. The van der Waals surface area contributed by atoms with Crippen molar-refractivity contribution in [2.24, 2.45) is 5.41 Å². The van der Waals surface area contributed by atoms with Crippen LogP contribution in [0.3, 0.4) is 0 Å². The van der Waals surface area contributed by atoms with Gasteiger partial charge in [0.15, 0.2) is 5.13 Å². The van der Waals surface area contributed by atoms with Gasteiger partial charge < -0.3 is 15.5 Å². The monoisotopic (exact) mass is 457 g/mol. The minimum Gasteiger partial charge on any atom is -0.323 e. The van der Waals surface area contributed by atoms with Crippen molar-refractivity contribution in [3.05, 3.63) is 24.3 Å². The Hall–Kier alpha value is -2.57. The van der Waals surface area contributed by atoms with Crippen molar-refractivity contribution < 1.29 is 14.0 Å². The lowest BCUT2D eigenvalue weighted by molar-refractivity contribution is -0.131. The number of thiazole rings is 1. The summed E-state index contributed by atoms with van der Waals surface area (Å²) >= 11 is 1.47. The molecule has 7 nitrogen and oxygen atoms in total. The van der Waals surface area contributed by atoms with Gasteiger partial charge in [0.2, 0.25) is 11.8 Å². The summed E-state index contributed by atoms with van der Waals surface area (Å²) < 4.78 is 14.6. The van der Waals surface area contributed by atoms with E-state index in [0.717, 1.165) is 23.1 Å². The van der Waals surface area contributed by atoms with Gasteiger partial charge in [0.1, 0.15) is 12.2 Å². The van der Waals surface area contributed by atoms with Crippen LogP contribution in [0.1, 0.15) is 46.0 Å². The highest BCUT2D eigenvalue weighted by Crippen LogP contribution is 2.41. The number of halogens is 1. The molecule has 0 unspecified atom stereocenters. The van der Waals surface area contributed by atoms with Gasteiger partial charge in [-0.25, -0.2) is 9.37 Å². The van der Waals surface area contributed by atoms with E-state index in [-0.39, 0.29) is 36.9 Å². The summed E-state index contributed by atoms with van der Waals surface area (Å²) in [6.07, 6.45) is 1.77. The number of amides is 2. The molecule has 1 saturated carbocycles. The maximum atomic E-state index is 13.6. The summed E-state index contributed by atoms with van der Waals surface area (Å²) in [5.74, 6) is -0.280. The first-order valence-electron chi connectivity index (χ1n) is 11.0. The Morgan fingerprint density at radius 1 is 1.28 bits per heavy atom. The van der Waals surface area contributed by atoms with E-state index < -0.39 is 17.6 Å². The molecule has 1 aliphatic heterocycles. The molecule has 2 aromatic rings. The van der Waals surface area contributed by atoms with Crippen LogP contribution in [0.2, 0.25) is 0 Å². The molecule has 1 aromatic carbocycles. The van der Waals surface area contributed by atoms with Crippen LogP contribution in [0.4, 0.5) is 9.52 Å². The average molecular weight is 458 g/mol. The molecule has 2 fully saturated rings. The Bertz CT molecular complexity index is 1020. The van der Waals surface area contributed by atoms with Crippen LogP contribution in [0, 0.1) is 16.7 Å². The number of benzene rings is 1. The van der Waals surface area contributed by atoms with Gasteiger partial charge in [0.05, 0.1) is 29.4 Å². The normalized spacial score (nSPS) is 30.2. The molecule has 2 heterocycles. The number of nitrogens with one attached hydrogen (secondary N) is 2. The molecular formula is C23H28FN5O2S. The molecule has 2 aliphatic rings. The van der Waals surface area contributed by atoms with Gasteiger partial charge in [-0.05, 0) is 44.7 Å². The number of hydrogen-bond acceptors (Lipinski definition) is 6. The van der Waals surface area contributed by atoms with Crippen molar-refractivity contribution in [1.29, 1.82) is 5.26 Å². The fourth-order valence-electron chi connectivity index (χ4n) is 4.50. The fraction of sp³-hybridized carbons (Fsp3) is 0.565. The summed E-state index contributed by atoms with van der Waals surface area (Å²) in [5, 5.41) is 16.1. The zero-order valence-electron chi connectivity index (χ0n) is 18.4. The number of nitriles is 1. The summed E-state index contributed by atoms with van der Waals surface area (Å²) in [6.45, 7) is 4.08. The predicted octanol–water partition coefficient (Wildman–Crippen LogP) is 3.63. The van der Waals surface area contributed by atoms with Crippen LogP contribution in [0.5, 0.6) is 0 Å². The van der Waals surface area contributed by atoms with Gasteiger partial charge in [-0.3, -0.25) is 9.59 Å². The van der Waals surface area contributed by atoms with E-state index in [0.29, 0.717) is 18.0 Å². The number of rotatable bonds is 5. The SMILES string of the molecule is CC1(NCC(=O)N2C[C@@H](F)C[C@H]2C#N)CCC(C)(C(=O)Nc2nc3ccccc3s2)CC1. The first-order valence-corrected chi connectivity index (χ1v) is 11.8. The average Bonchev–Trinajstić information content (AvgIpc) is 3.36. The molecule has 1 aliphatic carbocycles. The van der Waals surface area contributed by atoms with Crippen LogP contribution >= 0.6 is 11.3 Å². The molecule has 0 radical (unpaired) electrons. The second kappa shape index (κ2) is 8.75. The number of alkyl halides is 1. The molecular weight excluding hydrogens is 429 g/mol. The smallest absolute Gasteiger partial charge is 0.237 e. The van der Waals surface area contributed by atoms with E-state index in [1.165, 1.54) is 16.2 Å². The van der Waals surface area contributed by atoms with E-state index >= 15 is 0 Å². The third-order valence-electron chi connectivity index (χ3n) is 6.91. The van der Waals surface area contributed by atoms with Crippen molar-refractivity contribution in [3.8, 4) is 6.07 Å². The minimum absolute atomic E-state index is 0.0144. The molecule has 0 bridgehead atoms. The van der Waals surface area contributed by atoms with Crippen LogP contribution in [-0.4, -0.2) is 52.5 Å². The number of likely N-dealkylation sites (tertiary alicyclic amines) is 1. The minimum atomic E-state index is -1.14. The lowest BCUT2D eigenvalue weighted by Crippen LogP contribution is -2.53. The molecule has 0 spiro atoms. The summed E-state index contributed by atoms with van der Waals surface area (Å²) in [6, 6.07) is 9.11. The molecule has 1 aromatic heterocycles. The number of hydrogen-bond donors (Lipinski definition) is 2. The number of carbonyl (C=O) groups is 2. The molecule has 2 amide bonds.